The van der Waals surface area contributed by atoms with E-state index < -0.39 is 5.97 Å². The number of aromatic hydroxyl groups is 2. The Balaban J connectivity index is 1.63. The summed E-state index contributed by atoms with van der Waals surface area (Å²) >= 11 is 0. The molecular formula is C23H21N5O4. The van der Waals surface area contributed by atoms with Crippen LogP contribution in [-0.2, 0) is 9.53 Å². The zero-order valence-corrected chi connectivity index (χ0v) is 17.2. The number of nitrogens with one attached hydrogen (secondary N) is 1. The van der Waals surface area contributed by atoms with Crippen LogP contribution in [-0.4, -0.2) is 32.5 Å². The second-order valence-corrected chi connectivity index (χ2v) is 6.71. The average Bonchev–Trinajstić information content (AvgIpc) is 3.08. The predicted molar refractivity (Wildman–Crippen MR) is 120 cm³/mol. The first-order valence-corrected chi connectivity index (χ1v) is 9.89. The Kier molecular flexibility index (Phi) is 5.89. The van der Waals surface area contributed by atoms with Gasteiger partial charge in [0.05, 0.1) is 18.5 Å². The smallest absolute Gasteiger partial charge is 0.357 e. The molecular weight excluding hydrogens is 410 g/mol. The lowest BCUT2D eigenvalue weighted by molar-refractivity contribution is -0.136. The molecule has 0 bridgehead atoms. The number of hydrogen-bond acceptors (Lipinski definition) is 7. The monoisotopic (exact) mass is 431 g/mol. The van der Waals surface area contributed by atoms with E-state index in [9.17, 15) is 15.0 Å². The van der Waals surface area contributed by atoms with Crippen molar-refractivity contribution in [3.8, 4) is 11.8 Å². The summed E-state index contributed by atoms with van der Waals surface area (Å²) < 4.78 is 6.06. The van der Waals surface area contributed by atoms with Gasteiger partial charge in [0.2, 0.25) is 11.8 Å². The Labute approximate surface area is 183 Å². The summed E-state index contributed by atoms with van der Waals surface area (Å²) in [4.78, 5) is 12.6. The van der Waals surface area contributed by atoms with Crippen LogP contribution in [0.5, 0.6) is 11.8 Å². The van der Waals surface area contributed by atoms with Crippen LogP contribution in [0.4, 0.5) is 0 Å². The van der Waals surface area contributed by atoms with Crippen LogP contribution in [0.25, 0.3) is 22.2 Å². The maximum Gasteiger partial charge on any atom is 0.357 e. The van der Waals surface area contributed by atoms with Crippen LogP contribution in [0.3, 0.4) is 0 Å². The number of aromatic nitrogens is 1. The number of hydrogen-bond donors (Lipinski definition) is 3. The third-order valence-corrected chi connectivity index (χ3v) is 4.70. The van der Waals surface area contributed by atoms with Crippen molar-refractivity contribution >= 4 is 28.1 Å². The molecule has 0 atom stereocenters. The number of benzene rings is 2. The molecule has 32 heavy (non-hydrogen) atoms. The fourth-order valence-electron chi connectivity index (χ4n) is 3.23. The molecule has 9 nitrogen and oxygen atoms in total. The number of fused-ring (bicyclic) bond motifs is 1. The van der Waals surface area contributed by atoms with E-state index in [0.717, 1.165) is 22.0 Å². The maximum atomic E-state index is 12.6. The first-order chi connectivity index (χ1) is 15.6. The van der Waals surface area contributed by atoms with Gasteiger partial charge in [0, 0.05) is 17.0 Å². The zero-order chi connectivity index (χ0) is 22.5. The van der Waals surface area contributed by atoms with Crippen molar-refractivity contribution in [1.82, 2.24) is 15.1 Å². The molecule has 1 aliphatic heterocycles. The zero-order valence-electron chi connectivity index (χ0n) is 17.2. The van der Waals surface area contributed by atoms with E-state index in [-0.39, 0.29) is 24.1 Å². The van der Waals surface area contributed by atoms with E-state index >= 15 is 0 Å². The first kappa shape index (κ1) is 20.7. The van der Waals surface area contributed by atoms with Gasteiger partial charge in [0.25, 0.3) is 0 Å². The van der Waals surface area contributed by atoms with Gasteiger partial charge < -0.3 is 14.9 Å². The topological polar surface area (TPSA) is 112 Å². The Morgan fingerprint density at radius 1 is 1.06 bits per heavy atom. The molecule has 0 radical (unpaired) electrons. The molecule has 1 aromatic heterocycles. The Bertz CT molecular complexity index is 1220. The van der Waals surface area contributed by atoms with E-state index in [1.165, 1.54) is 5.12 Å². The van der Waals surface area contributed by atoms with Gasteiger partial charge >= 0.3 is 5.97 Å². The van der Waals surface area contributed by atoms with Gasteiger partial charge in [-0.2, -0.15) is 5.12 Å². The molecule has 0 saturated carbocycles. The number of ether oxygens (including phenoxy) is 1. The van der Waals surface area contributed by atoms with Crippen molar-refractivity contribution < 1.29 is 19.7 Å². The van der Waals surface area contributed by atoms with Gasteiger partial charge in [-0.15, -0.1) is 5.11 Å². The summed E-state index contributed by atoms with van der Waals surface area (Å²) in [6.45, 7) is 1.76. The highest BCUT2D eigenvalue weighted by Gasteiger charge is 2.23. The van der Waals surface area contributed by atoms with Crippen molar-refractivity contribution in [3.05, 3.63) is 84.7 Å². The highest BCUT2D eigenvalue weighted by molar-refractivity contribution is 6.12. The molecule has 0 amide bonds. The minimum atomic E-state index is -0.774. The summed E-state index contributed by atoms with van der Waals surface area (Å²) in [5.74, 6) is -1.39. The van der Waals surface area contributed by atoms with Crippen LogP contribution in [0.1, 0.15) is 12.5 Å². The Hall–Kier alpha value is -4.53. The predicted octanol–water partition coefficient (Wildman–Crippen LogP) is 4.16. The lowest BCUT2D eigenvalue weighted by Gasteiger charge is -2.20. The van der Waals surface area contributed by atoms with Crippen molar-refractivity contribution in [3.63, 3.8) is 0 Å². The van der Waals surface area contributed by atoms with Gasteiger partial charge in [0.15, 0.2) is 5.70 Å². The van der Waals surface area contributed by atoms with Crippen LogP contribution < -0.4 is 5.43 Å². The first-order valence-electron chi connectivity index (χ1n) is 9.89. The van der Waals surface area contributed by atoms with Gasteiger partial charge in [-0.05, 0) is 42.0 Å². The fourth-order valence-corrected chi connectivity index (χ4v) is 3.23. The Morgan fingerprint density at radius 3 is 2.38 bits per heavy atom. The number of carbonyl (C=O) groups excluding carboxylic acids is 1. The number of allylic oxidation sites excluding steroid dienone is 2. The van der Waals surface area contributed by atoms with Crippen molar-refractivity contribution in [1.29, 1.82) is 0 Å². The molecule has 0 unspecified atom stereocenters. The van der Waals surface area contributed by atoms with Gasteiger partial charge in [0.1, 0.15) is 0 Å². The number of hydrazine groups is 1. The van der Waals surface area contributed by atoms with Gasteiger partial charge in [-0.3, -0.25) is 5.43 Å². The standard InChI is InChI=1S/C23H21N5O4/c1-2-32-23(31)20(28-21(29)17-11-6-7-12-18(17)22(28)30)15-24-26-27-14-8-13-19(25-27)16-9-4-3-5-10-16/h3-15,25,29-30H,2H2,1H3. The number of nitrogens with zero attached hydrogens (tertiary/aromatic N) is 4. The molecule has 3 aromatic rings. The number of esters is 1. The molecule has 1 aliphatic rings. The normalized spacial score (nSPS) is 14.0. The molecule has 0 spiro atoms. The molecule has 0 fully saturated rings. The summed E-state index contributed by atoms with van der Waals surface area (Å²) in [6, 6.07) is 16.4. The second-order valence-electron chi connectivity index (χ2n) is 6.71. The summed E-state index contributed by atoms with van der Waals surface area (Å²) in [5.41, 5.74) is 4.67. The molecule has 4 rings (SSSR count). The Morgan fingerprint density at radius 2 is 1.72 bits per heavy atom. The summed E-state index contributed by atoms with van der Waals surface area (Å²) in [7, 11) is 0. The molecule has 162 valence electrons. The average molecular weight is 431 g/mol. The highest BCUT2D eigenvalue weighted by Crippen LogP contribution is 2.38. The minimum absolute atomic E-state index is 0.108. The molecule has 0 saturated heterocycles. The summed E-state index contributed by atoms with van der Waals surface area (Å²) in [6.07, 6.45) is 6.45. The lowest BCUT2D eigenvalue weighted by Crippen LogP contribution is -2.28. The van der Waals surface area contributed by atoms with E-state index in [4.69, 9.17) is 4.74 Å². The van der Waals surface area contributed by atoms with Crippen molar-refractivity contribution in [2.75, 3.05) is 6.61 Å². The third-order valence-electron chi connectivity index (χ3n) is 4.70. The van der Waals surface area contributed by atoms with Crippen LogP contribution in [0.15, 0.2) is 89.5 Å². The SMILES string of the molecule is CCOC(=O)C(=CN=NN1C=CC=C(c2ccccc2)N1)n1c(O)c2ccccc2c1O. The molecule has 0 aliphatic carbocycles. The summed E-state index contributed by atoms with van der Waals surface area (Å²) in [5, 5.41) is 31.4. The quantitative estimate of drug-likeness (QED) is 0.307. The molecule has 9 heteroatoms. The number of rotatable bonds is 6. The third kappa shape index (κ3) is 4.04. The maximum absolute atomic E-state index is 12.6. The van der Waals surface area contributed by atoms with Crippen LogP contribution >= 0.6 is 0 Å². The molecule has 2 heterocycles. The van der Waals surface area contributed by atoms with Crippen molar-refractivity contribution in [2.45, 2.75) is 6.92 Å². The fraction of sp³-hybridized carbons (Fsp3) is 0.0870. The van der Waals surface area contributed by atoms with Gasteiger partial charge in [-0.1, -0.05) is 42.5 Å². The van der Waals surface area contributed by atoms with E-state index in [0.29, 0.717) is 10.8 Å². The molecule has 3 N–H and O–H groups in total. The van der Waals surface area contributed by atoms with E-state index in [1.54, 1.807) is 43.5 Å². The number of carbonyl (C=O) groups is 1. The minimum Gasteiger partial charge on any atom is -0.494 e. The highest BCUT2D eigenvalue weighted by atomic mass is 16.5. The van der Waals surface area contributed by atoms with E-state index in [1.807, 2.05) is 36.4 Å². The van der Waals surface area contributed by atoms with Crippen molar-refractivity contribution in [2.24, 2.45) is 10.3 Å². The van der Waals surface area contributed by atoms with Gasteiger partial charge in [-0.25, -0.2) is 9.36 Å². The van der Waals surface area contributed by atoms with Crippen LogP contribution in [0.2, 0.25) is 0 Å². The van der Waals surface area contributed by atoms with Crippen LogP contribution in [0, 0.1) is 0 Å². The second kappa shape index (κ2) is 9.09. The van der Waals surface area contributed by atoms with E-state index in [2.05, 4.69) is 15.8 Å². The lowest BCUT2D eigenvalue weighted by atomic mass is 10.1. The largest absolute Gasteiger partial charge is 0.494 e. The molecule has 2 aromatic carbocycles.